The molecule has 0 fully saturated rings. The van der Waals surface area contributed by atoms with Crippen molar-refractivity contribution in [3.05, 3.63) is 27.7 Å². The molecule has 5 heteroatoms. The van der Waals surface area contributed by atoms with Gasteiger partial charge in [-0.1, -0.05) is 23.8 Å². The standard InChI is InChI=1S/C7H7BrClN.CH3NS/c1-10-7-4-5(9)2-3-6(7)8;2-1-3/h2-4,10H,1H3;1H,(H2,2,3). The molecule has 0 aromatic heterocycles. The molecule has 0 saturated carbocycles. The minimum absolute atomic E-state index is 0.743. The molecule has 0 unspecified atom stereocenters. The van der Waals surface area contributed by atoms with Crippen molar-refractivity contribution < 1.29 is 0 Å². The van der Waals surface area contributed by atoms with Crippen LogP contribution in [-0.2, 0) is 0 Å². The Hall–Kier alpha value is -0.320. The predicted octanol–water partition coefficient (Wildman–Crippen LogP) is 3.05. The van der Waals surface area contributed by atoms with E-state index in [4.69, 9.17) is 11.6 Å². The van der Waals surface area contributed by atoms with E-state index in [1.165, 1.54) is 0 Å². The molecule has 0 spiro atoms. The first kappa shape index (κ1) is 12.7. The van der Waals surface area contributed by atoms with Gasteiger partial charge in [-0.25, -0.2) is 0 Å². The van der Waals surface area contributed by atoms with E-state index in [1.54, 1.807) is 0 Å². The Morgan fingerprint density at radius 1 is 1.62 bits per heavy atom. The summed E-state index contributed by atoms with van der Waals surface area (Å²) in [7, 11) is 1.86. The second-order valence-corrected chi connectivity index (χ2v) is 3.57. The van der Waals surface area contributed by atoms with Gasteiger partial charge in [-0.2, -0.15) is 0 Å². The summed E-state index contributed by atoms with van der Waals surface area (Å²) in [5, 5.41) is 3.75. The zero-order valence-electron chi connectivity index (χ0n) is 7.05. The van der Waals surface area contributed by atoms with Gasteiger partial charge in [-0.15, -0.1) is 0 Å². The Balaban J connectivity index is 0.000000424. The highest BCUT2D eigenvalue weighted by Gasteiger charge is 1.95. The maximum atomic E-state index is 5.73. The second-order valence-electron chi connectivity index (χ2n) is 2.01. The molecule has 0 aliphatic heterocycles. The Labute approximate surface area is 96.6 Å². The average Bonchev–Trinajstić information content (AvgIpc) is 2.10. The molecule has 0 heterocycles. The lowest BCUT2D eigenvalue weighted by molar-refractivity contribution is 1.49. The third-order valence-corrected chi connectivity index (χ3v) is 2.12. The molecule has 1 aromatic rings. The Morgan fingerprint density at radius 2 is 2.15 bits per heavy atom. The molecule has 0 radical (unpaired) electrons. The summed E-state index contributed by atoms with van der Waals surface area (Å²) >= 11 is 13.2. The van der Waals surface area contributed by atoms with Gasteiger partial charge in [0.25, 0.3) is 0 Å². The molecule has 0 amide bonds. The minimum atomic E-state index is 0.743. The molecular formula is C8H10BrClN2S. The van der Waals surface area contributed by atoms with E-state index in [0.717, 1.165) is 20.7 Å². The first-order chi connectivity index (χ1) is 6.15. The molecule has 0 aliphatic carbocycles. The van der Waals surface area contributed by atoms with Gasteiger partial charge >= 0.3 is 0 Å². The number of nitrogens with one attached hydrogen (secondary N) is 1. The van der Waals surface area contributed by atoms with Crippen molar-refractivity contribution in [2.45, 2.75) is 0 Å². The van der Waals surface area contributed by atoms with E-state index in [1.807, 2.05) is 25.2 Å². The number of halogens is 2. The molecule has 1 aromatic carbocycles. The summed E-state index contributed by atoms with van der Waals surface area (Å²) in [5.41, 5.74) is 6.63. The smallest absolute Gasteiger partial charge is 0.0588 e. The van der Waals surface area contributed by atoms with Gasteiger partial charge in [0.2, 0.25) is 0 Å². The number of benzene rings is 1. The second kappa shape index (κ2) is 7.12. The zero-order chi connectivity index (χ0) is 10.3. The first-order valence-corrected chi connectivity index (χ1v) is 5.08. The van der Waals surface area contributed by atoms with Crippen LogP contribution in [0.2, 0.25) is 5.02 Å². The van der Waals surface area contributed by atoms with E-state index in [9.17, 15) is 0 Å². The van der Waals surface area contributed by atoms with Crippen LogP contribution in [0.15, 0.2) is 22.7 Å². The highest BCUT2D eigenvalue weighted by molar-refractivity contribution is 9.10. The molecular weight excluding hydrogens is 272 g/mol. The Kier molecular flexibility index (Phi) is 6.94. The van der Waals surface area contributed by atoms with Crippen LogP contribution in [0.5, 0.6) is 0 Å². The molecule has 3 N–H and O–H groups in total. The average molecular weight is 282 g/mol. The van der Waals surface area contributed by atoms with Crippen LogP contribution in [0.25, 0.3) is 0 Å². The third-order valence-electron chi connectivity index (χ3n) is 1.20. The predicted molar refractivity (Wildman–Crippen MR) is 66.5 cm³/mol. The summed E-state index contributed by atoms with van der Waals surface area (Å²) in [6.45, 7) is 0. The Bertz CT molecular complexity index is 281. The van der Waals surface area contributed by atoms with E-state index in [-0.39, 0.29) is 0 Å². The van der Waals surface area contributed by atoms with Crippen LogP contribution in [0.4, 0.5) is 5.69 Å². The monoisotopic (exact) mass is 280 g/mol. The summed E-state index contributed by atoms with van der Waals surface area (Å²) in [6, 6.07) is 5.62. The quantitative estimate of drug-likeness (QED) is 0.777. The molecule has 2 nitrogen and oxygen atoms in total. The molecule has 0 bridgehead atoms. The van der Waals surface area contributed by atoms with Crippen molar-refractivity contribution in [1.82, 2.24) is 0 Å². The SMILES string of the molecule is CNc1cc(Cl)ccc1Br.NC=S. The number of nitrogens with two attached hydrogens (primary N) is 1. The number of hydrogen-bond acceptors (Lipinski definition) is 2. The number of thiocarbonyl (C=S) groups is 1. The van der Waals surface area contributed by atoms with E-state index in [0.29, 0.717) is 0 Å². The fraction of sp³-hybridized carbons (Fsp3) is 0.125. The molecule has 72 valence electrons. The van der Waals surface area contributed by atoms with Gasteiger partial charge in [0.05, 0.1) is 5.49 Å². The van der Waals surface area contributed by atoms with Gasteiger partial charge in [0.15, 0.2) is 0 Å². The molecule has 0 aliphatic rings. The van der Waals surface area contributed by atoms with Crippen molar-refractivity contribution in [3.63, 3.8) is 0 Å². The third kappa shape index (κ3) is 5.08. The molecule has 13 heavy (non-hydrogen) atoms. The molecule has 1 rings (SSSR count). The van der Waals surface area contributed by atoms with E-state index >= 15 is 0 Å². The van der Waals surface area contributed by atoms with Crippen LogP contribution in [0.3, 0.4) is 0 Å². The fourth-order valence-electron chi connectivity index (χ4n) is 0.689. The van der Waals surface area contributed by atoms with Crippen LogP contribution in [0, 0.1) is 0 Å². The van der Waals surface area contributed by atoms with E-state index in [2.05, 4.69) is 39.2 Å². The summed E-state index contributed by atoms with van der Waals surface area (Å²) in [6.07, 6.45) is 0. The molecule has 0 atom stereocenters. The minimum Gasteiger partial charge on any atom is -0.396 e. The lowest BCUT2D eigenvalue weighted by atomic mass is 10.3. The number of anilines is 1. The maximum Gasteiger partial charge on any atom is 0.0588 e. The van der Waals surface area contributed by atoms with Crippen molar-refractivity contribution >= 4 is 50.9 Å². The largest absolute Gasteiger partial charge is 0.396 e. The van der Waals surface area contributed by atoms with Crippen molar-refractivity contribution in [2.75, 3.05) is 12.4 Å². The van der Waals surface area contributed by atoms with Gasteiger partial charge in [0.1, 0.15) is 0 Å². The zero-order valence-corrected chi connectivity index (χ0v) is 10.2. The van der Waals surface area contributed by atoms with Crippen LogP contribution in [-0.4, -0.2) is 12.5 Å². The van der Waals surface area contributed by atoms with Gasteiger partial charge in [-0.3, -0.25) is 0 Å². The summed E-state index contributed by atoms with van der Waals surface area (Å²) < 4.78 is 1.03. The van der Waals surface area contributed by atoms with Crippen molar-refractivity contribution in [2.24, 2.45) is 5.73 Å². The summed E-state index contributed by atoms with van der Waals surface area (Å²) in [5.74, 6) is 0. The van der Waals surface area contributed by atoms with Gasteiger partial charge < -0.3 is 11.1 Å². The first-order valence-electron chi connectivity index (χ1n) is 3.44. The lowest BCUT2D eigenvalue weighted by Gasteiger charge is -2.02. The van der Waals surface area contributed by atoms with Crippen molar-refractivity contribution in [3.8, 4) is 0 Å². The highest BCUT2D eigenvalue weighted by atomic mass is 79.9. The van der Waals surface area contributed by atoms with E-state index < -0.39 is 0 Å². The maximum absolute atomic E-state index is 5.73. The topological polar surface area (TPSA) is 38.0 Å². The number of rotatable bonds is 1. The van der Waals surface area contributed by atoms with Gasteiger partial charge in [-0.05, 0) is 34.1 Å². The number of hydrogen-bond donors (Lipinski definition) is 2. The summed E-state index contributed by atoms with van der Waals surface area (Å²) in [4.78, 5) is 0. The Morgan fingerprint density at radius 3 is 2.54 bits per heavy atom. The van der Waals surface area contributed by atoms with Gasteiger partial charge in [0, 0.05) is 22.2 Å². The molecule has 0 saturated heterocycles. The van der Waals surface area contributed by atoms with Crippen molar-refractivity contribution in [1.29, 1.82) is 0 Å². The highest BCUT2D eigenvalue weighted by Crippen LogP contribution is 2.24. The normalized spacial score (nSPS) is 8.23. The lowest BCUT2D eigenvalue weighted by Crippen LogP contribution is -1.87. The van der Waals surface area contributed by atoms with Crippen LogP contribution >= 0.6 is 39.7 Å². The fourth-order valence-corrected chi connectivity index (χ4v) is 1.31. The van der Waals surface area contributed by atoms with Crippen LogP contribution in [0.1, 0.15) is 0 Å². The van der Waals surface area contributed by atoms with Crippen LogP contribution < -0.4 is 11.1 Å².